The van der Waals surface area contributed by atoms with Crippen LogP contribution in [0.15, 0.2) is 30.3 Å². The van der Waals surface area contributed by atoms with E-state index in [4.69, 9.17) is 4.74 Å². The molecule has 1 aromatic carbocycles. The summed E-state index contributed by atoms with van der Waals surface area (Å²) in [5, 5.41) is 3.24. The second kappa shape index (κ2) is 6.17. The van der Waals surface area contributed by atoms with Gasteiger partial charge in [-0.05, 0) is 43.8 Å². The molecule has 0 radical (unpaired) electrons. The molecule has 4 heteroatoms. The average Bonchev–Trinajstić information content (AvgIpc) is 2.89. The Morgan fingerprint density at radius 3 is 2.68 bits per heavy atom. The number of nitrogens with one attached hydrogen (secondary N) is 1. The van der Waals surface area contributed by atoms with Gasteiger partial charge in [0.1, 0.15) is 11.6 Å². The molecule has 19 heavy (non-hydrogen) atoms. The van der Waals surface area contributed by atoms with Crippen LogP contribution < -0.4 is 10.1 Å². The molecular weight excluding hydrogens is 261 g/mol. The summed E-state index contributed by atoms with van der Waals surface area (Å²) in [7, 11) is 3.48. The van der Waals surface area contributed by atoms with Gasteiger partial charge in [0.15, 0.2) is 0 Å². The minimum atomic E-state index is -0.247. The van der Waals surface area contributed by atoms with Gasteiger partial charge in [-0.1, -0.05) is 6.92 Å². The quantitative estimate of drug-likeness (QED) is 0.899. The lowest BCUT2D eigenvalue weighted by Gasteiger charge is -2.18. The molecule has 2 aromatic rings. The molecule has 0 aliphatic heterocycles. The number of aryl methyl sites for hydroxylation is 1. The molecule has 0 aliphatic carbocycles. The van der Waals surface area contributed by atoms with E-state index in [-0.39, 0.29) is 11.9 Å². The molecule has 0 aliphatic rings. The van der Waals surface area contributed by atoms with Crippen LogP contribution in [0.1, 0.15) is 28.3 Å². The van der Waals surface area contributed by atoms with E-state index in [1.807, 2.05) is 7.05 Å². The topological polar surface area (TPSA) is 21.3 Å². The van der Waals surface area contributed by atoms with E-state index in [9.17, 15) is 4.39 Å². The summed E-state index contributed by atoms with van der Waals surface area (Å²) < 4.78 is 18.8. The number of hydrogen-bond acceptors (Lipinski definition) is 3. The molecule has 0 amide bonds. The SMILES string of the molecule is CCc1ccc(C(NC)c2cc(F)ccc2OC)s1. The first-order valence-corrected chi connectivity index (χ1v) is 7.10. The fourth-order valence-electron chi connectivity index (χ4n) is 2.12. The van der Waals surface area contributed by atoms with Crippen molar-refractivity contribution < 1.29 is 9.13 Å². The van der Waals surface area contributed by atoms with Gasteiger partial charge >= 0.3 is 0 Å². The zero-order valence-corrected chi connectivity index (χ0v) is 12.2. The van der Waals surface area contributed by atoms with Gasteiger partial charge in [-0.2, -0.15) is 0 Å². The summed E-state index contributed by atoms with van der Waals surface area (Å²) >= 11 is 1.74. The number of rotatable bonds is 5. The van der Waals surface area contributed by atoms with Gasteiger partial charge in [-0.15, -0.1) is 11.3 Å². The molecule has 2 nitrogen and oxygen atoms in total. The Morgan fingerprint density at radius 1 is 1.32 bits per heavy atom. The minimum absolute atomic E-state index is 0.0454. The van der Waals surface area contributed by atoms with Crippen LogP contribution in [0.5, 0.6) is 5.75 Å². The van der Waals surface area contributed by atoms with E-state index in [0.29, 0.717) is 5.75 Å². The molecule has 2 rings (SSSR count). The molecule has 0 saturated heterocycles. The first-order valence-electron chi connectivity index (χ1n) is 6.29. The Bertz CT molecular complexity index is 553. The zero-order chi connectivity index (χ0) is 13.8. The van der Waals surface area contributed by atoms with Gasteiger partial charge in [0.2, 0.25) is 0 Å². The summed E-state index contributed by atoms with van der Waals surface area (Å²) in [6, 6.07) is 8.79. The number of halogens is 1. The Kier molecular flexibility index (Phi) is 4.56. The lowest BCUT2D eigenvalue weighted by atomic mass is 10.0. The van der Waals surface area contributed by atoms with Gasteiger partial charge in [0, 0.05) is 15.3 Å². The highest BCUT2D eigenvalue weighted by Gasteiger charge is 2.19. The highest BCUT2D eigenvalue weighted by molar-refractivity contribution is 7.12. The number of hydrogen-bond donors (Lipinski definition) is 1. The fraction of sp³-hybridized carbons (Fsp3) is 0.333. The van der Waals surface area contributed by atoms with Crippen molar-refractivity contribution in [3.63, 3.8) is 0 Å². The second-order valence-corrected chi connectivity index (χ2v) is 5.47. The summed E-state index contributed by atoms with van der Waals surface area (Å²) in [4.78, 5) is 2.49. The van der Waals surface area contributed by atoms with Crippen LogP contribution in [0.4, 0.5) is 4.39 Å². The molecule has 1 N–H and O–H groups in total. The van der Waals surface area contributed by atoms with Crippen LogP contribution in [-0.2, 0) is 6.42 Å². The summed E-state index contributed by atoms with van der Waals surface area (Å²) in [5.41, 5.74) is 0.828. The van der Waals surface area contributed by atoms with E-state index in [1.54, 1.807) is 24.5 Å². The molecule has 1 heterocycles. The smallest absolute Gasteiger partial charge is 0.124 e. The van der Waals surface area contributed by atoms with Gasteiger partial charge < -0.3 is 10.1 Å². The first kappa shape index (κ1) is 14.0. The molecular formula is C15H18FNOS. The van der Waals surface area contributed by atoms with Crippen LogP contribution >= 0.6 is 11.3 Å². The van der Waals surface area contributed by atoms with Gasteiger partial charge in [0.25, 0.3) is 0 Å². The van der Waals surface area contributed by atoms with Crippen molar-refractivity contribution in [3.05, 3.63) is 51.5 Å². The van der Waals surface area contributed by atoms with Gasteiger partial charge in [-0.25, -0.2) is 4.39 Å². The van der Waals surface area contributed by atoms with Gasteiger partial charge in [0.05, 0.1) is 13.2 Å². The van der Waals surface area contributed by atoms with Crippen LogP contribution in [0.3, 0.4) is 0 Å². The van der Waals surface area contributed by atoms with E-state index in [1.165, 1.54) is 21.9 Å². The maximum absolute atomic E-state index is 13.5. The molecule has 1 unspecified atom stereocenters. The Morgan fingerprint density at radius 2 is 2.11 bits per heavy atom. The van der Waals surface area contributed by atoms with E-state index in [2.05, 4.69) is 24.4 Å². The Labute approximate surface area is 117 Å². The van der Waals surface area contributed by atoms with Crippen LogP contribution in [0.25, 0.3) is 0 Å². The summed E-state index contributed by atoms with van der Waals surface area (Å²) in [6.45, 7) is 2.13. The third-order valence-corrected chi connectivity index (χ3v) is 4.40. The van der Waals surface area contributed by atoms with Crippen LogP contribution in [0.2, 0.25) is 0 Å². The molecule has 0 spiro atoms. The van der Waals surface area contributed by atoms with Crippen molar-refractivity contribution in [2.24, 2.45) is 0 Å². The number of ether oxygens (including phenoxy) is 1. The fourth-order valence-corrected chi connectivity index (χ4v) is 3.20. The average molecular weight is 279 g/mol. The van der Waals surface area contributed by atoms with Crippen molar-refractivity contribution in [1.29, 1.82) is 0 Å². The molecule has 0 bridgehead atoms. The molecule has 0 fully saturated rings. The first-order chi connectivity index (χ1) is 9.19. The minimum Gasteiger partial charge on any atom is -0.496 e. The van der Waals surface area contributed by atoms with Crippen LogP contribution in [-0.4, -0.2) is 14.2 Å². The lowest BCUT2D eigenvalue weighted by molar-refractivity contribution is 0.404. The summed E-state index contributed by atoms with van der Waals surface area (Å²) in [6.07, 6.45) is 1.02. The van der Waals surface area contributed by atoms with E-state index < -0.39 is 0 Å². The van der Waals surface area contributed by atoms with Crippen molar-refractivity contribution >= 4 is 11.3 Å². The highest BCUT2D eigenvalue weighted by Crippen LogP contribution is 2.34. The zero-order valence-electron chi connectivity index (χ0n) is 11.4. The van der Waals surface area contributed by atoms with Crippen molar-refractivity contribution in [3.8, 4) is 5.75 Å². The number of methoxy groups -OCH3 is 1. The van der Waals surface area contributed by atoms with E-state index >= 15 is 0 Å². The van der Waals surface area contributed by atoms with Crippen molar-refractivity contribution in [2.45, 2.75) is 19.4 Å². The Balaban J connectivity index is 2.43. The maximum atomic E-state index is 13.5. The summed E-state index contributed by atoms with van der Waals surface area (Å²) in [5.74, 6) is 0.454. The molecule has 1 aromatic heterocycles. The second-order valence-electron chi connectivity index (χ2n) is 4.27. The number of benzene rings is 1. The monoisotopic (exact) mass is 279 g/mol. The third kappa shape index (κ3) is 2.96. The standard InChI is InChI=1S/C15H18FNOS/c1-4-11-6-8-14(19-11)15(17-2)12-9-10(16)5-7-13(12)18-3/h5-9,15,17H,4H2,1-3H3. The van der Waals surface area contributed by atoms with E-state index in [0.717, 1.165) is 12.0 Å². The predicted octanol–water partition coefficient (Wildman–Crippen LogP) is 3.77. The largest absolute Gasteiger partial charge is 0.496 e. The number of thiophene rings is 1. The molecule has 1 atom stereocenters. The molecule has 0 saturated carbocycles. The van der Waals surface area contributed by atoms with Crippen molar-refractivity contribution in [2.75, 3.05) is 14.2 Å². The third-order valence-electron chi connectivity index (χ3n) is 3.11. The predicted molar refractivity (Wildman–Crippen MR) is 77.6 cm³/mol. The molecule has 102 valence electrons. The normalized spacial score (nSPS) is 12.4. The Hall–Kier alpha value is -1.39. The highest BCUT2D eigenvalue weighted by atomic mass is 32.1. The lowest BCUT2D eigenvalue weighted by Crippen LogP contribution is -2.17. The van der Waals surface area contributed by atoms with Crippen molar-refractivity contribution in [1.82, 2.24) is 5.32 Å². The van der Waals surface area contributed by atoms with Crippen LogP contribution in [0, 0.1) is 5.82 Å². The van der Waals surface area contributed by atoms with Gasteiger partial charge in [-0.3, -0.25) is 0 Å². The maximum Gasteiger partial charge on any atom is 0.124 e.